The lowest BCUT2D eigenvalue weighted by molar-refractivity contribution is -0.167. The summed E-state index contributed by atoms with van der Waals surface area (Å²) in [5, 5.41) is 0. The summed E-state index contributed by atoms with van der Waals surface area (Å²) < 4.78 is 16.9. The van der Waals surface area contributed by atoms with E-state index in [1.54, 1.807) is 0 Å². The van der Waals surface area contributed by atoms with E-state index in [1.165, 1.54) is 205 Å². The highest BCUT2D eigenvalue weighted by Crippen LogP contribution is 2.19. The third kappa shape index (κ3) is 50.1. The van der Waals surface area contributed by atoms with Crippen molar-refractivity contribution in [3.63, 3.8) is 0 Å². The first-order valence-corrected chi connectivity index (χ1v) is 29.2. The summed E-state index contributed by atoms with van der Waals surface area (Å²) in [7, 11) is 0. The van der Waals surface area contributed by atoms with Gasteiger partial charge in [0.05, 0.1) is 0 Å². The van der Waals surface area contributed by atoms with Crippen LogP contribution in [0.5, 0.6) is 0 Å². The van der Waals surface area contributed by atoms with E-state index in [4.69, 9.17) is 14.2 Å². The lowest BCUT2D eigenvalue weighted by atomic mass is 9.99. The largest absolute Gasteiger partial charge is 0.462 e. The fourth-order valence-corrected chi connectivity index (χ4v) is 8.93. The molecule has 0 aromatic rings. The van der Waals surface area contributed by atoms with Crippen LogP contribution < -0.4 is 0 Å². The Kier molecular flexibility index (Phi) is 49.1. The monoisotopic (exact) mass is 919 g/mol. The maximum atomic E-state index is 12.8. The van der Waals surface area contributed by atoms with Crippen molar-refractivity contribution in [3.8, 4) is 0 Å². The number of hydrogen-bond acceptors (Lipinski definition) is 6. The standard InChI is InChI=1S/C59H114O6/c1-7-54(5)46-40-34-28-22-17-19-25-31-37-43-49-58(61)64-52-56(65-59(62)50-44-38-32-26-20-18-23-29-35-41-47-55(6)8-2)51-63-57(60)48-42-36-30-24-16-14-12-10-9-11-13-15-21-27-33-39-45-53(3)4/h53-56H,7-52H2,1-6H3/t54?,55?,56-/m1/s1. The fourth-order valence-electron chi connectivity index (χ4n) is 8.93. The minimum absolute atomic E-state index is 0.0637. The highest BCUT2D eigenvalue weighted by Gasteiger charge is 2.19. The quantitative estimate of drug-likeness (QED) is 0.0344. The van der Waals surface area contributed by atoms with Crippen LogP contribution in [-0.4, -0.2) is 37.2 Å². The van der Waals surface area contributed by atoms with Gasteiger partial charge in [-0.2, -0.15) is 0 Å². The van der Waals surface area contributed by atoms with E-state index in [2.05, 4.69) is 41.5 Å². The van der Waals surface area contributed by atoms with Gasteiger partial charge in [-0.25, -0.2) is 0 Å². The summed E-state index contributed by atoms with van der Waals surface area (Å²) in [5.41, 5.74) is 0. The Morgan fingerprint density at radius 3 is 0.800 bits per heavy atom. The number of ether oxygens (including phenoxy) is 3. The van der Waals surface area contributed by atoms with E-state index >= 15 is 0 Å². The minimum atomic E-state index is -0.764. The van der Waals surface area contributed by atoms with Crippen molar-refractivity contribution >= 4 is 17.9 Å². The van der Waals surface area contributed by atoms with Gasteiger partial charge in [-0.15, -0.1) is 0 Å². The van der Waals surface area contributed by atoms with Gasteiger partial charge in [0, 0.05) is 19.3 Å². The Morgan fingerprint density at radius 2 is 0.538 bits per heavy atom. The van der Waals surface area contributed by atoms with E-state index in [0.717, 1.165) is 75.5 Å². The first-order chi connectivity index (χ1) is 31.7. The van der Waals surface area contributed by atoms with E-state index in [-0.39, 0.29) is 31.1 Å². The van der Waals surface area contributed by atoms with Crippen molar-refractivity contribution in [1.29, 1.82) is 0 Å². The number of rotatable bonds is 52. The highest BCUT2D eigenvalue weighted by atomic mass is 16.6. The fraction of sp³-hybridized carbons (Fsp3) is 0.949. The number of unbranched alkanes of at least 4 members (excludes halogenated alkanes) is 33. The zero-order valence-electron chi connectivity index (χ0n) is 44.8. The highest BCUT2D eigenvalue weighted by molar-refractivity contribution is 5.71. The molecule has 0 rings (SSSR count). The van der Waals surface area contributed by atoms with Crippen molar-refractivity contribution in [2.24, 2.45) is 17.8 Å². The molecule has 0 aliphatic rings. The van der Waals surface area contributed by atoms with Crippen LogP contribution in [0.4, 0.5) is 0 Å². The average molecular weight is 920 g/mol. The molecule has 65 heavy (non-hydrogen) atoms. The Labute approximate surface area is 406 Å². The molecule has 0 amide bonds. The first-order valence-electron chi connectivity index (χ1n) is 29.2. The predicted octanol–water partition coefficient (Wildman–Crippen LogP) is 19.1. The van der Waals surface area contributed by atoms with Crippen LogP contribution in [0.3, 0.4) is 0 Å². The van der Waals surface area contributed by atoms with Crippen LogP contribution in [0.15, 0.2) is 0 Å². The first kappa shape index (κ1) is 63.4. The maximum Gasteiger partial charge on any atom is 0.306 e. The molecule has 0 aliphatic heterocycles. The van der Waals surface area contributed by atoms with Crippen LogP contribution in [-0.2, 0) is 28.6 Å². The molecule has 386 valence electrons. The third-order valence-corrected chi connectivity index (χ3v) is 14.1. The third-order valence-electron chi connectivity index (χ3n) is 14.1. The van der Waals surface area contributed by atoms with Gasteiger partial charge in [0.25, 0.3) is 0 Å². The van der Waals surface area contributed by atoms with Gasteiger partial charge in [0.1, 0.15) is 13.2 Å². The van der Waals surface area contributed by atoms with E-state index in [1.807, 2.05) is 0 Å². The molecule has 0 aliphatic carbocycles. The Balaban J connectivity index is 4.29. The second-order valence-corrected chi connectivity index (χ2v) is 21.2. The topological polar surface area (TPSA) is 78.9 Å². The molecule has 0 N–H and O–H groups in total. The van der Waals surface area contributed by atoms with Gasteiger partial charge in [-0.05, 0) is 37.0 Å². The SMILES string of the molecule is CCC(C)CCCCCCCCCCCCC(=O)OC[C@@H](COC(=O)CCCCCCCCCCCCCCCCCCC(C)C)OC(=O)CCCCCCCCCCCCC(C)CC. The van der Waals surface area contributed by atoms with Crippen LogP contribution >= 0.6 is 0 Å². The second kappa shape index (κ2) is 50.3. The summed E-state index contributed by atoms with van der Waals surface area (Å²) in [6, 6.07) is 0. The normalized spacial score (nSPS) is 13.0. The van der Waals surface area contributed by atoms with Crippen LogP contribution in [0.1, 0.15) is 324 Å². The van der Waals surface area contributed by atoms with Gasteiger partial charge in [0.15, 0.2) is 6.10 Å². The van der Waals surface area contributed by atoms with Crippen LogP contribution in [0, 0.1) is 17.8 Å². The Hall–Kier alpha value is -1.59. The maximum absolute atomic E-state index is 12.8. The summed E-state index contributed by atoms with van der Waals surface area (Å²) in [6.45, 7) is 13.8. The summed E-state index contributed by atoms with van der Waals surface area (Å²) in [6.07, 6.45) is 52.2. The summed E-state index contributed by atoms with van der Waals surface area (Å²) in [5.74, 6) is 1.75. The second-order valence-electron chi connectivity index (χ2n) is 21.2. The molecule has 0 saturated carbocycles. The lowest BCUT2D eigenvalue weighted by Gasteiger charge is -2.18. The molecule has 6 nitrogen and oxygen atoms in total. The molecule has 0 fully saturated rings. The molecule has 6 heteroatoms. The number of carbonyl (C=O) groups excluding carboxylic acids is 3. The average Bonchev–Trinajstić information content (AvgIpc) is 3.29. The molecule has 0 spiro atoms. The molecule has 3 atom stereocenters. The molecule has 0 radical (unpaired) electrons. The predicted molar refractivity (Wildman–Crippen MR) is 279 cm³/mol. The molecular weight excluding hydrogens is 805 g/mol. The molecule has 0 saturated heterocycles. The van der Waals surface area contributed by atoms with Crippen molar-refractivity contribution in [3.05, 3.63) is 0 Å². The smallest absolute Gasteiger partial charge is 0.306 e. The van der Waals surface area contributed by atoms with Gasteiger partial charge in [-0.1, -0.05) is 286 Å². The van der Waals surface area contributed by atoms with Crippen molar-refractivity contribution in [1.82, 2.24) is 0 Å². The summed E-state index contributed by atoms with van der Waals surface area (Å²) in [4.78, 5) is 38.1. The van der Waals surface area contributed by atoms with Crippen LogP contribution in [0.2, 0.25) is 0 Å². The summed E-state index contributed by atoms with van der Waals surface area (Å²) >= 11 is 0. The van der Waals surface area contributed by atoms with Crippen molar-refractivity contribution in [2.75, 3.05) is 13.2 Å². The van der Waals surface area contributed by atoms with Gasteiger partial charge >= 0.3 is 17.9 Å². The lowest BCUT2D eigenvalue weighted by Crippen LogP contribution is -2.30. The zero-order chi connectivity index (χ0) is 47.7. The van der Waals surface area contributed by atoms with Crippen molar-refractivity contribution in [2.45, 2.75) is 330 Å². The molecule has 0 aromatic carbocycles. The van der Waals surface area contributed by atoms with E-state index in [0.29, 0.717) is 19.3 Å². The minimum Gasteiger partial charge on any atom is -0.462 e. The Morgan fingerprint density at radius 1 is 0.308 bits per heavy atom. The number of esters is 3. The van der Waals surface area contributed by atoms with Crippen molar-refractivity contribution < 1.29 is 28.6 Å². The molecule has 0 heterocycles. The number of carbonyl (C=O) groups is 3. The molecular formula is C59H114O6. The molecule has 0 bridgehead atoms. The zero-order valence-corrected chi connectivity index (χ0v) is 44.8. The van der Waals surface area contributed by atoms with E-state index in [9.17, 15) is 14.4 Å². The number of hydrogen-bond donors (Lipinski definition) is 0. The Bertz CT molecular complexity index is 1010. The van der Waals surface area contributed by atoms with Gasteiger partial charge < -0.3 is 14.2 Å². The molecule has 0 aromatic heterocycles. The van der Waals surface area contributed by atoms with Gasteiger partial charge in [0.2, 0.25) is 0 Å². The van der Waals surface area contributed by atoms with E-state index < -0.39 is 6.10 Å². The van der Waals surface area contributed by atoms with Crippen LogP contribution in [0.25, 0.3) is 0 Å². The van der Waals surface area contributed by atoms with Gasteiger partial charge in [-0.3, -0.25) is 14.4 Å². The molecule has 2 unspecified atom stereocenters.